The number of nitrogens with one attached hydrogen (secondary N) is 2. The van der Waals surface area contributed by atoms with E-state index in [4.69, 9.17) is 0 Å². The number of benzene rings is 1. The third kappa shape index (κ3) is 3.23. The van der Waals surface area contributed by atoms with Crippen LogP contribution in [0.25, 0.3) is 11.0 Å². The summed E-state index contributed by atoms with van der Waals surface area (Å²) >= 11 is 3.36. The van der Waals surface area contributed by atoms with Gasteiger partial charge in [-0.15, -0.1) is 0 Å². The maximum Gasteiger partial charge on any atom is 0.401 e. The van der Waals surface area contributed by atoms with Crippen molar-refractivity contribution in [3.63, 3.8) is 0 Å². The summed E-state index contributed by atoms with van der Waals surface area (Å²) in [6, 6.07) is 3.76. The fourth-order valence-electron chi connectivity index (χ4n) is 1.70. The summed E-state index contributed by atoms with van der Waals surface area (Å²) in [4.78, 5) is 7.26. The number of aromatic amines is 1. The van der Waals surface area contributed by atoms with Crippen molar-refractivity contribution in [3.8, 4) is 0 Å². The summed E-state index contributed by atoms with van der Waals surface area (Å²) in [7, 11) is 0. The molecule has 2 rings (SSSR count). The molecule has 2 N–H and O–H groups in total. The van der Waals surface area contributed by atoms with Crippen molar-refractivity contribution in [3.05, 3.63) is 28.0 Å². The molecule has 0 saturated carbocycles. The van der Waals surface area contributed by atoms with E-state index in [-0.39, 0.29) is 6.54 Å². The zero-order valence-electron chi connectivity index (χ0n) is 9.53. The van der Waals surface area contributed by atoms with Crippen LogP contribution in [0.1, 0.15) is 11.4 Å². The Morgan fingerprint density at radius 1 is 1.39 bits per heavy atom. The Hall–Kier alpha value is -1.08. The van der Waals surface area contributed by atoms with Gasteiger partial charge in [-0.1, -0.05) is 15.9 Å². The van der Waals surface area contributed by atoms with Crippen molar-refractivity contribution in [2.24, 2.45) is 0 Å². The SMILES string of the molecule is Cc1cc(Br)cc2[nH]c(CNCC(F)(F)F)nc12. The minimum absolute atomic E-state index is 0.0608. The van der Waals surface area contributed by atoms with Crippen molar-refractivity contribution in [2.75, 3.05) is 6.54 Å². The highest BCUT2D eigenvalue weighted by molar-refractivity contribution is 9.10. The number of fused-ring (bicyclic) bond motifs is 1. The lowest BCUT2D eigenvalue weighted by Crippen LogP contribution is -2.28. The summed E-state index contributed by atoms with van der Waals surface area (Å²) in [6.45, 7) is 0.943. The van der Waals surface area contributed by atoms with Gasteiger partial charge in [0.2, 0.25) is 0 Å². The predicted molar refractivity (Wildman–Crippen MR) is 66.3 cm³/mol. The molecule has 0 saturated heterocycles. The molecule has 1 heterocycles. The van der Waals surface area contributed by atoms with Gasteiger partial charge < -0.3 is 10.3 Å². The molecule has 1 aromatic carbocycles. The molecule has 0 amide bonds. The Kier molecular flexibility index (Phi) is 3.63. The van der Waals surface area contributed by atoms with Crippen LogP contribution in [-0.2, 0) is 6.54 Å². The van der Waals surface area contributed by atoms with Gasteiger partial charge in [-0.25, -0.2) is 4.98 Å². The van der Waals surface area contributed by atoms with Crippen LogP contribution in [0.15, 0.2) is 16.6 Å². The maximum absolute atomic E-state index is 12.0. The van der Waals surface area contributed by atoms with Crippen LogP contribution in [0.5, 0.6) is 0 Å². The second-order valence-electron chi connectivity index (χ2n) is 4.02. The minimum atomic E-state index is -4.20. The Morgan fingerprint density at radius 2 is 2.11 bits per heavy atom. The molecule has 2 aromatic rings. The van der Waals surface area contributed by atoms with Gasteiger partial charge in [0.05, 0.1) is 24.1 Å². The molecular weight excluding hydrogens is 311 g/mol. The first-order chi connectivity index (χ1) is 8.35. The summed E-state index contributed by atoms with van der Waals surface area (Å²) in [6.07, 6.45) is -4.20. The second kappa shape index (κ2) is 4.89. The number of halogens is 4. The van der Waals surface area contributed by atoms with E-state index in [1.807, 2.05) is 19.1 Å². The minimum Gasteiger partial charge on any atom is -0.341 e. The number of aromatic nitrogens is 2. The van der Waals surface area contributed by atoms with E-state index in [1.54, 1.807) is 0 Å². The third-order valence-corrected chi connectivity index (χ3v) is 2.87. The Labute approximate surface area is 110 Å². The van der Waals surface area contributed by atoms with Gasteiger partial charge in [0.25, 0.3) is 0 Å². The van der Waals surface area contributed by atoms with Gasteiger partial charge in [0, 0.05) is 4.47 Å². The van der Waals surface area contributed by atoms with E-state index in [1.165, 1.54) is 0 Å². The number of hydrogen-bond donors (Lipinski definition) is 2. The smallest absolute Gasteiger partial charge is 0.341 e. The Morgan fingerprint density at radius 3 is 2.78 bits per heavy atom. The van der Waals surface area contributed by atoms with Gasteiger partial charge >= 0.3 is 6.18 Å². The zero-order valence-corrected chi connectivity index (χ0v) is 11.1. The van der Waals surface area contributed by atoms with Gasteiger partial charge in [0.1, 0.15) is 5.82 Å². The third-order valence-electron chi connectivity index (χ3n) is 2.41. The number of rotatable bonds is 3. The Bertz CT molecular complexity index is 562. The molecule has 3 nitrogen and oxygen atoms in total. The number of hydrogen-bond acceptors (Lipinski definition) is 2. The highest BCUT2D eigenvalue weighted by atomic mass is 79.9. The van der Waals surface area contributed by atoms with E-state index < -0.39 is 12.7 Å². The number of aryl methyl sites for hydroxylation is 1. The maximum atomic E-state index is 12.0. The predicted octanol–water partition coefficient (Wildman–Crippen LogP) is 3.29. The van der Waals surface area contributed by atoms with E-state index in [0.29, 0.717) is 5.82 Å². The molecule has 0 fully saturated rings. The van der Waals surface area contributed by atoms with Crippen LogP contribution in [0.4, 0.5) is 13.2 Å². The van der Waals surface area contributed by atoms with Gasteiger partial charge in [0.15, 0.2) is 0 Å². The molecular formula is C11H11BrF3N3. The summed E-state index contributed by atoms with van der Waals surface area (Å²) in [5.41, 5.74) is 2.56. The first kappa shape index (κ1) is 13.4. The molecule has 1 aromatic heterocycles. The van der Waals surface area contributed by atoms with Crippen molar-refractivity contribution in [1.29, 1.82) is 0 Å². The van der Waals surface area contributed by atoms with E-state index in [9.17, 15) is 13.2 Å². The van der Waals surface area contributed by atoms with Crippen LogP contribution >= 0.6 is 15.9 Å². The summed E-state index contributed by atoms with van der Waals surface area (Å²) in [5.74, 6) is 0.496. The lowest BCUT2D eigenvalue weighted by molar-refractivity contribution is -0.125. The summed E-state index contributed by atoms with van der Waals surface area (Å²) < 4.78 is 36.9. The van der Waals surface area contributed by atoms with Crippen LogP contribution in [0.2, 0.25) is 0 Å². The number of alkyl halides is 3. The topological polar surface area (TPSA) is 40.7 Å². The number of imidazole rings is 1. The largest absolute Gasteiger partial charge is 0.401 e. The lowest BCUT2D eigenvalue weighted by Gasteiger charge is -2.05. The van der Waals surface area contributed by atoms with Crippen molar-refractivity contribution in [1.82, 2.24) is 15.3 Å². The molecule has 0 bridgehead atoms. The highest BCUT2D eigenvalue weighted by Crippen LogP contribution is 2.22. The van der Waals surface area contributed by atoms with Gasteiger partial charge in [-0.3, -0.25) is 0 Å². The molecule has 0 aliphatic rings. The van der Waals surface area contributed by atoms with Gasteiger partial charge in [-0.2, -0.15) is 13.2 Å². The van der Waals surface area contributed by atoms with Crippen LogP contribution in [0.3, 0.4) is 0 Å². The molecule has 7 heteroatoms. The first-order valence-corrected chi connectivity index (χ1v) is 6.07. The average Bonchev–Trinajstić information content (AvgIpc) is 2.58. The second-order valence-corrected chi connectivity index (χ2v) is 4.94. The normalized spacial score (nSPS) is 12.3. The monoisotopic (exact) mass is 321 g/mol. The van der Waals surface area contributed by atoms with Gasteiger partial charge in [-0.05, 0) is 24.6 Å². The molecule has 18 heavy (non-hydrogen) atoms. The van der Waals surface area contributed by atoms with Crippen molar-refractivity contribution in [2.45, 2.75) is 19.6 Å². The molecule has 0 spiro atoms. The van der Waals surface area contributed by atoms with Crippen molar-refractivity contribution >= 4 is 27.0 Å². The van der Waals surface area contributed by atoms with Crippen LogP contribution < -0.4 is 5.32 Å². The quantitative estimate of drug-likeness (QED) is 0.910. The van der Waals surface area contributed by atoms with Crippen LogP contribution in [0, 0.1) is 6.92 Å². The van der Waals surface area contributed by atoms with E-state index in [2.05, 4.69) is 31.2 Å². The molecule has 0 atom stereocenters. The fraction of sp³-hybridized carbons (Fsp3) is 0.364. The highest BCUT2D eigenvalue weighted by Gasteiger charge is 2.26. The Balaban J connectivity index is 2.13. The standard InChI is InChI=1S/C11H11BrF3N3/c1-6-2-7(12)3-8-10(6)18-9(17-8)4-16-5-11(13,14)15/h2-3,16H,4-5H2,1H3,(H,17,18). The molecule has 0 unspecified atom stereocenters. The zero-order chi connectivity index (χ0) is 13.3. The summed E-state index contributed by atoms with van der Waals surface area (Å²) in [5, 5.41) is 2.31. The molecule has 98 valence electrons. The fourth-order valence-corrected chi connectivity index (χ4v) is 2.28. The first-order valence-electron chi connectivity index (χ1n) is 5.27. The van der Waals surface area contributed by atoms with E-state index in [0.717, 1.165) is 21.1 Å². The van der Waals surface area contributed by atoms with E-state index >= 15 is 0 Å². The lowest BCUT2D eigenvalue weighted by atomic mass is 10.2. The number of nitrogens with zero attached hydrogens (tertiary/aromatic N) is 1. The molecule has 0 aliphatic heterocycles. The van der Waals surface area contributed by atoms with Crippen molar-refractivity contribution < 1.29 is 13.2 Å². The molecule has 0 radical (unpaired) electrons. The van der Waals surface area contributed by atoms with Crippen LogP contribution in [-0.4, -0.2) is 22.7 Å². The number of H-pyrrole nitrogens is 1. The molecule has 0 aliphatic carbocycles. The average molecular weight is 322 g/mol.